The minimum absolute atomic E-state index is 0.0292. The second-order valence-electron chi connectivity index (χ2n) is 6.14. The number of nitrogens with one attached hydrogen (secondary N) is 1. The van der Waals surface area contributed by atoms with Gasteiger partial charge in [-0.3, -0.25) is 10.2 Å². The molecule has 9 nitrogen and oxygen atoms in total. The first kappa shape index (κ1) is 23.2. The van der Waals surface area contributed by atoms with Crippen molar-refractivity contribution in [2.24, 2.45) is 21.5 Å². The van der Waals surface area contributed by atoms with Crippen molar-refractivity contribution in [2.75, 3.05) is 26.1 Å². The molecule has 0 aromatic heterocycles. The molecule has 0 aliphatic carbocycles. The summed E-state index contributed by atoms with van der Waals surface area (Å²) in [4.78, 5) is 20.2. The smallest absolute Gasteiger partial charge is 0.206 e. The molecule has 0 unspecified atom stereocenters. The van der Waals surface area contributed by atoms with Gasteiger partial charge in [-0.1, -0.05) is 12.1 Å². The minimum Gasteiger partial charge on any atom is -0.488 e. The molecule has 2 aromatic carbocycles. The molecule has 162 valence electrons. The van der Waals surface area contributed by atoms with Gasteiger partial charge in [0.05, 0.1) is 18.6 Å². The number of carbonyl (C=O) groups is 1. The Balaban J connectivity index is 2.16. The number of allylic oxidation sites excluding steroid dienone is 1. The van der Waals surface area contributed by atoms with Crippen LogP contribution >= 0.6 is 0 Å². The zero-order valence-corrected chi connectivity index (χ0v) is 16.8. The molecule has 0 aliphatic heterocycles. The van der Waals surface area contributed by atoms with Crippen LogP contribution in [0.15, 0.2) is 52.5 Å². The monoisotopic (exact) mass is 426 g/mol. The Morgan fingerprint density at radius 1 is 1.23 bits per heavy atom. The maximum absolute atomic E-state index is 14.3. The molecule has 31 heavy (non-hydrogen) atoms. The highest BCUT2D eigenvalue weighted by Gasteiger charge is 2.17. The number of carbonyl (C=O) groups excluding carboxylic acids is 1. The van der Waals surface area contributed by atoms with Gasteiger partial charge in [0.1, 0.15) is 18.7 Å². The summed E-state index contributed by atoms with van der Waals surface area (Å²) >= 11 is 0. The van der Waals surface area contributed by atoms with Crippen LogP contribution in [0.4, 0.5) is 15.8 Å². The van der Waals surface area contributed by atoms with Crippen LogP contribution in [0.3, 0.4) is 0 Å². The van der Waals surface area contributed by atoms with Crippen LogP contribution in [0.1, 0.15) is 11.1 Å². The lowest BCUT2D eigenvalue weighted by Gasteiger charge is -2.11. The highest BCUT2D eigenvalue weighted by atomic mass is 19.1. The van der Waals surface area contributed by atoms with Crippen LogP contribution in [-0.4, -0.2) is 44.5 Å². The molecule has 0 aliphatic rings. The molecule has 0 saturated heterocycles. The second-order valence-corrected chi connectivity index (χ2v) is 6.14. The van der Waals surface area contributed by atoms with Gasteiger partial charge in [0.2, 0.25) is 5.78 Å². The standard InChI is InChI=1S/C21H23FN6O3/c1-30-6-7-31-20-10-18(25)15(8-16(20)22)21(26)19(29)9-17(24)13-2-4-14(5-3-13)28-12-27-11-23/h2-5,8-12,26H,6-7,24-25H2,1H3,(H2,23,27,28)/b17-9-,26-21?. The third-order valence-corrected chi connectivity index (χ3v) is 4.01. The maximum Gasteiger partial charge on any atom is 0.206 e. The summed E-state index contributed by atoms with van der Waals surface area (Å²) in [6.07, 6.45) is 3.48. The van der Waals surface area contributed by atoms with Crippen molar-refractivity contribution in [1.82, 2.24) is 0 Å². The number of hydrogen-bond donors (Lipinski definition) is 4. The van der Waals surface area contributed by atoms with Gasteiger partial charge < -0.3 is 26.7 Å². The predicted octanol–water partition coefficient (Wildman–Crippen LogP) is 2.02. The van der Waals surface area contributed by atoms with E-state index in [1.807, 2.05) is 0 Å². The van der Waals surface area contributed by atoms with Crippen LogP contribution in [0.2, 0.25) is 0 Å². The zero-order chi connectivity index (χ0) is 22.8. The summed E-state index contributed by atoms with van der Waals surface area (Å²) in [5.41, 5.74) is 17.7. The van der Waals surface area contributed by atoms with E-state index in [1.54, 1.807) is 24.3 Å². The van der Waals surface area contributed by atoms with Crippen molar-refractivity contribution in [3.63, 3.8) is 0 Å². The van der Waals surface area contributed by atoms with Crippen molar-refractivity contribution in [2.45, 2.75) is 0 Å². The number of methoxy groups -OCH3 is 1. The van der Waals surface area contributed by atoms with Gasteiger partial charge in [-0.25, -0.2) is 14.4 Å². The van der Waals surface area contributed by atoms with E-state index in [4.69, 9.17) is 32.1 Å². The maximum atomic E-state index is 14.3. The van der Waals surface area contributed by atoms with E-state index in [1.165, 1.54) is 19.5 Å². The molecule has 0 saturated carbocycles. The van der Waals surface area contributed by atoms with Crippen LogP contribution in [-0.2, 0) is 9.53 Å². The van der Waals surface area contributed by atoms with Gasteiger partial charge in [-0.2, -0.15) is 0 Å². The third kappa shape index (κ3) is 6.47. The first-order chi connectivity index (χ1) is 14.9. The molecular weight excluding hydrogens is 403 g/mol. The summed E-state index contributed by atoms with van der Waals surface area (Å²) in [5, 5.41) is 8.10. The molecule has 0 bridgehead atoms. The number of ether oxygens (including phenoxy) is 2. The van der Waals surface area contributed by atoms with Gasteiger partial charge in [-0.15, -0.1) is 0 Å². The zero-order valence-electron chi connectivity index (χ0n) is 16.8. The van der Waals surface area contributed by atoms with E-state index in [-0.39, 0.29) is 35.9 Å². The number of nitrogens with two attached hydrogens (primary N) is 3. The fourth-order valence-corrected chi connectivity index (χ4v) is 2.44. The van der Waals surface area contributed by atoms with Crippen LogP contribution in [0.25, 0.3) is 5.70 Å². The number of nitrogens with zero attached hydrogens (tertiary/aromatic N) is 2. The number of aliphatic imine (C=N–C) groups is 2. The van der Waals surface area contributed by atoms with Crippen LogP contribution in [0, 0.1) is 11.2 Å². The lowest BCUT2D eigenvalue weighted by Crippen LogP contribution is -2.16. The first-order valence-electron chi connectivity index (χ1n) is 9.05. The highest BCUT2D eigenvalue weighted by molar-refractivity contribution is 6.50. The van der Waals surface area contributed by atoms with Crippen LogP contribution < -0.4 is 21.9 Å². The van der Waals surface area contributed by atoms with Crippen molar-refractivity contribution >= 4 is 41.2 Å². The summed E-state index contributed by atoms with van der Waals surface area (Å²) in [5.74, 6) is -1.56. The quantitative estimate of drug-likeness (QED) is 0.149. The molecule has 0 heterocycles. The number of anilines is 1. The second kappa shape index (κ2) is 11.2. The Hall–Kier alpha value is -4.05. The third-order valence-electron chi connectivity index (χ3n) is 4.01. The molecule has 0 radical (unpaired) electrons. The summed E-state index contributed by atoms with van der Waals surface area (Å²) in [7, 11) is 1.49. The van der Waals surface area contributed by atoms with Crippen molar-refractivity contribution in [3.8, 4) is 5.75 Å². The van der Waals surface area contributed by atoms with Gasteiger partial charge >= 0.3 is 0 Å². The molecule has 2 aromatic rings. The molecule has 0 fully saturated rings. The summed E-state index contributed by atoms with van der Waals surface area (Å²) in [6, 6.07) is 8.86. The van der Waals surface area contributed by atoms with Gasteiger partial charge in [0.25, 0.3) is 0 Å². The molecule has 10 heteroatoms. The average molecular weight is 426 g/mol. The predicted molar refractivity (Wildman–Crippen MR) is 119 cm³/mol. The van der Waals surface area contributed by atoms with Gasteiger partial charge in [-0.05, 0) is 23.8 Å². The van der Waals surface area contributed by atoms with E-state index in [0.29, 0.717) is 11.3 Å². The lowest BCUT2D eigenvalue weighted by atomic mass is 10.0. The number of hydrogen-bond acceptors (Lipinski definition) is 7. The summed E-state index contributed by atoms with van der Waals surface area (Å²) in [6.45, 7) is 0.403. The minimum atomic E-state index is -0.745. The fourth-order valence-electron chi connectivity index (χ4n) is 2.44. The molecule has 2 rings (SSSR count). The van der Waals surface area contributed by atoms with Crippen molar-refractivity contribution in [1.29, 1.82) is 5.41 Å². The van der Waals surface area contributed by atoms with Crippen LogP contribution in [0.5, 0.6) is 5.75 Å². The highest BCUT2D eigenvalue weighted by Crippen LogP contribution is 2.25. The van der Waals surface area contributed by atoms with E-state index in [2.05, 4.69) is 9.98 Å². The number of benzene rings is 2. The molecule has 0 amide bonds. The van der Waals surface area contributed by atoms with E-state index >= 15 is 0 Å². The molecule has 0 spiro atoms. The average Bonchev–Trinajstić information content (AvgIpc) is 2.76. The number of rotatable bonds is 10. The fraction of sp³-hybridized carbons (Fsp3) is 0.143. The summed E-state index contributed by atoms with van der Waals surface area (Å²) < 4.78 is 24.3. The topological polar surface area (TPSA) is 162 Å². The lowest BCUT2D eigenvalue weighted by molar-refractivity contribution is -0.108. The number of nitrogen functional groups attached to an aromatic ring is 1. The van der Waals surface area contributed by atoms with Gasteiger partial charge in [0, 0.05) is 36.2 Å². The SMILES string of the molecule is COCCOc1cc(N)c(C(=N)C(=O)/C=C(\N)c2ccc(N=CN=CN)cc2)cc1F. The van der Waals surface area contributed by atoms with E-state index in [9.17, 15) is 9.18 Å². The van der Waals surface area contributed by atoms with Gasteiger partial charge in [0.15, 0.2) is 11.6 Å². The number of ketones is 1. The number of halogens is 1. The Bertz CT molecular complexity index is 1030. The Labute approximate surface area is 178 Å². The van der Waals surface area contributed by atoms with Crippen molar-refractivity contribution in [3.05, 3.63) is 59.4 Å². The molecular formula is C21H23FN6O3. The normalized spacial score (nSPS) is 11.9. The van der Waals surface area contributed by atoms with Crippen molar-refractivity contribution < 1.29 is 18.7 Å². The molecule has 0 atom stereocenters. The van der Waals surface area contributed by atoms with E-state index in [0.717, 1.165) is 18.5 Å². The first-order valence-corrected chi connectivity index (χ1v) is 9.05. The Morgan fingerprint density at radius 2 is 1.94 bits per heavy atom. The Morgan fingerprint density at radius 3 is 2.58 bits per heavy atom. The Kier molecular flexibility index (Phi) is 8.41. The molecule has 7 N–H and O–H groups in total. The largest absolute Gasteiger partial charge is 0.488 e. The van der Waals surface area contributed by atoms with E-state index < -0.39 is 17.3 Å².